The van der Waals surface area contributed by atoms with Crippen molar-refractivity contribution in [3.63, 3.8) is 0 Å². The molecule has 1 aliphatic heterocycles. The Kier molecular flexibility index (Phi) is 8.54. The molecule has 1 aromatic rings. The molecule has 6 nitrogen and oxygen atoms in total. The molecule has 4 N–H and O–H groups in total. The number of halogens is 1. The predicted octanol–water partition coefficient (Wildman–Crippen LogP) is 1.86. The van der Waals surface area contributed by atoms with Crippen molar-refractivity contribution in [1.29, 1.82) is 0 Å². The number of likely N-dealkylation sites (tertiary alicyclic amines) is 1. The lowest BCUT2D eigenvalue weighted by Gasteiger charge is -2.32. The fourth-order valence-corrected chi connectivity index (χ4v) is 3.94. The average molecular weight is 398 g/mol. The van der Waals surface area contributed by atoms with E-state index in [-0.39, 0.29) is 5.91 Å². The summed E-state index contributed by atoms with van der Waals surface area (Å²) in [6, 6.07) is 8.33. The van der Waals surface area contributed by atoms with Gasteiger partial charge >= 0.3 is 0 Å². The second-order valence-electron chi connectivity index (χ2n) is 6.39. The number of nitrogens with two attached hydrogens (primary N) is 1. The lowest BCUT2D eigenvalue weighted by molar-refractivity contribution is -0.119. The highest BCUT2D eigenvalue weighted by Crippen LogP contribution is 2.27. The van der Waals surface area contributed by atoms with Crippen molar-refractivity contribution < 1.29 is 4.79 Å². The zero-order chi connectivity index (χ0) is 18.9. The topological polar surface area (TPSA) is 82.8 Å². The molecule has 1 atom stereocenters. The molecule has 1 amide bonds. The number of nitrogens with one attached hydrogen (secondary N) is 2. The van der Waals surface area contributed by atoms with Crippen LogP contribution in [0, 0.1) is 0 Å². The minimum absolute atomic E-state index is 0.266. The van der Waals surface area contributed by atoms with Crippen LogP contribution in [0.2, 0.25) is 5.02 Å². The van der Waals surface area contributed by atoms with Crippen LogP contribution >= 0.6 is 23.4 Å². The van der Waals surface area contributed by atoms with Crippen LogP contribution in [0.15, 0.2) is 29.3 Å². The van der Waals surface area contributed by atoms with Crippen LogP contribution in [0.3, 0.4) is 0 Å². The molecule has 0 aliphatic carbocycles. The number of primary amides is 1. The molecule has 0 aromatic heterocycles. The number of carbonyl (C=O) groups excluding carboxylic acids is 1. The maximum absolute atomic E-state index is 11.0. The minimum atomic E-state index is -0.266. The molecule has 1 unspecified atom stereocenters. The fraction of sp³-hybridized carbons (Fsp3) is 0.556. The van der Waals surface area contributed by atoms with Gasteiger partial charge in [-0.3, -0.25) is 14.7 Å². The summed E-state index contributed by atoms with van der Waals surface area (Å²) in [7, 11) is 1.78. The summed E-state index contributed by atoms with van der Waals surface area (Å²) in [5, 5.41) is 7.95. The lowest BCUT2D eigenvalue weighted by Crippen LogP contribution is -2.50. The Bertz CT molecular complexity index is 619. The summed E-state index contributed by atoms with van der Waals surface area (Å²) in [5.74, 6) is 0.539. The molecule has 0 bridgehead atoms. The first-order valence-electron chi connectivity index (χ1n) is 8.78. The van der Waals surface area contributed by atoms with Crippen molar-refractivity contribution in [3.05, 3.63) is 34.9 Å². The number of nitrogens with zero attached hydrogens (tertiary/aromatic N) is 2. The zero-order valence-corrected chi connectivity index (χ0v) is 16.9. The van der Waals surface area contributed by atoms with Crippen LogP contribution in [0.25, 0.3) is 0 Å². The molecule has 0 radical (unpaired) electrons. The van der Waals surface area contributed by atoms with Gasteiger partial charge in [0.15, 0.2) is 5.96 Å². The van der Waals surface area contributed by atoms with Gasteiger partial charge in [0.1, 0.15) is 0 Å². The van der Waals surface area contributed by atoms with Crippen LogP contribution in [0.5, 0.6) is 0 Å². The van der Waals surface area contributed by atoms with Crippen LogP contribution in [-0.2, 0) is 4.79 Å². The number of hydrogen-bond donors (Lipinski definition) is 3. The largest absolute Gasteiger partial charge is 0.369 e. The van der Waals surface area contributed by atoms with Crippen LogP contribution < -0.4 is 16.4 Å². The lowest BCUT2D eigenvalue weighted by atomic mass is 10.1. The van der Waals surface area contributed by atoms with E-state index in [0.717, 1.165) is 43.5 Å². The maximum atomic E-state index is 11.0. The molecule has 1 fully saturated rings. The molecule has 8 heteroatoms. The highest BCUT2D eigenvalue weighted by Gasteiger charge is 2.21. The van der Waals surface area contributed by atoms with E-state index >= 15 is 0 Å². The number of carbonyl (C=O) groups is 1. The van der Waals surface area contributed by atoms with Gasteiger partial charge in [-0.25, -0.2) is 0 Å². The minimum Gasteiger partial charge on any atom is -0.369 e. The van der Waals surface area contributed by atoms with E-state index in [2.05, 4.69) is 32.8 Å². The third-order valence-electron chi connectivity index (χ3n) is 4.49. The third-order valence-corrected chi connectivity index (χ3v) is 5.73. The number of guanidine groups is 1. The Morgan fingerprint density at radius 1 is 1.46 bits per heavy atom. The van der Waals surface area contributed by atoms with E-state index in [0.29, 0.717) is 17.8 Å². The van der Waals surface area contributed by atoms with Crippen molar-refractivity contribution in [2.24, 2.45) is 10.7 Å². The normalized spacial score (nSPS) is 17.7. The molecule has 144 valence electrons. The second kappa shape index (κ2) is 10.6. The highest BCUT2D eigenvalue weighted by molar-refractivity contribution is 7.98. The van der Waals surface area contributed by atoms with E-state index in [1.165, 1.54) is 5.56 Å². The van der Waals surface area contributed by atoms with Gasteiger partial charge < -0.3 is 16.4 Å². The summed E-state index contributed by atoms with van der Waals surface area (Å²) < 4.78 is 0. The van der Waals surface area contributed by atoms with E-state index in [1.807, 2.05) is 18.2 Å². The van der Waals surface area contributed by atoms with Crippen molar-refractivity contribution in [3.8, 4) is 0 Å². The van der Waals surface area contributed by atoms with Crippen LogP contribution in [0.1, 0.15) is 23.7 Å². The van der Waals surface area contributed by atoms with Gasteiger partial charge in [-0.05, 0) is 36.8 Å². The molecule has 2 rings (SSSR count). The Balaban J connectivity index is 1.81. The van der Waals surface area contributed by atoms with Gasteiger partial charge in [-0.1, -0.05) is 23.7 Å². The molecule has 1 heterocycles. The number of aliphatic imine (C=N–C) groups is 1. The van der Waals surface area contributed by atoms with Crippen molar-refractivity contribution in [2.75, 3.05) is 39.5 Å². The van der Waals surface area contributed by atoms with Gasteiger partial charge in [0.2, 0.25) is 5.91 Å². The molecule has 1 aliphatic rings. The molecule has 1 saturated heterocycles. The standard InChI is InChI=1S/C18H28ClN5OS/c1-21-18(23-15-6-8-24(9-7-15)12-17(20)25)22-11-16(26-2)13-4-3-5-14(19)10-13/h3-5,10,15-16H,6-9,11-12H2,1-2H3,(H2,20,25)(H2,21,22,23). The predicted molar refractivity (Wildman–Crippen MR) is 111 cm³/mol. The smallest absolute Gasteiger partial charge is 0.231 e. The summed E-state index contributed by atoms with van der Waals surface area (Å²) in [5.41, 5.74) is 6.46. The average Bonchev–Trinajstić information content (AvgIpc) is 2.62. The SMILES string of the molecule is CN=C(NCC(SC)c1cccc(Cl)c1)NC1CCN(CC(N)=O)CC1. The summed E-state index contributed by atoms with van der Waals surface area (Å²) in [4.78, 5) is 17.4. The molecule has 0 spiro atoms. The van der Waals surface area contributed by atoms with E-state index in [9.17, 15) is 4.79 Å². The highest BCUT2D eigenvalue weighted by atomic mass is 35.5. The van der Waals surface area contributed by atoms with Gasteiger partial charge in [-0.2, -0.15) is 11.8 Å². The fourth-order valence-electron chi connectivity index (χ4n) is 3.08. The zero-order valence-electron chi connectivity index (χ0n) is 15.4. The first kappa shape index (κ1) is 20.9. The first-order chi connectivity index (χ1) is 12.5. The number of rotatable bonds is 7. The number of hydrogen-bond acceptors (Lipinski definition) is 4. The van der Waals surface area contributed by atoms with Crippen LogP contribution in [-0.4, -0.2) is 62.3 Å². The third kappa shape index (κ3) is 6.70. The Morgan fingerprint density at radius 3 is 2.77 bits per heavy atom. The van der Waals surface area contributed by atoms with Crippen molar-refractivity contribution >= 4 is 35.2 Å². The molecular formula is C18H28ClN5OS. The Labute approximate surface area is 164 Å². The molecular weight excluding hydrogens is 370 g/mol. The van der Waals surface area contributed by atoms with E-state index in [1.54, 1.807) is 18.8 Å². The quantitative estimate of drug-likeness (QED) is 0.483. The number of piperidine rings is 1. The summed E-state index contributed by atoms with van der Waals surface area (Å²) in [6.07, 6.45) is 4.03. The summed E-state index contributed by atoms with van der Waals surface area (Å²) >= 11 is 7.89. The van der Waals surface area contributed by atoms with Gasteiger partial charge in [0.05, 0.1) is 6.54 Å². The Hall–Kier alpha value is -1.44. The van der Waals surface area contributed by atoms with E-state index < -0.39 is 0 Å². The number of thioether (sulfide) groups is 1. The van der Waals surface area contributed by atoms with Gasteiger partial charge in [-0.15, -0.1) is 0 Å². The second-order valence-corrected chi connectivity index (χ2v) is 7.87. The van der Waals surface area contributed by atoms with Crippen molar-refractivity contribution in [2.45, 2.75) is 24.1 Å². The monoisotopic (exact) mass is 397 g/mol. The molecule has 0 saturated carbocycles. The van der Waals surface area contributed by atoms with Gasteiger partial charge in [0.25, 0.3) is 0 Å². The maximum Gasteiger partial charge on any atom is 0.231 e. The molecule has 26 heavy (non-hydrogen) atoms. The van der Waals surface area contributed by atoms with Gasteiger partial charge in [0, 0.05) is 43.0 Å². The Morgan fingerprint density at radius 2 is 2.19 bits per heavy atom. The van der Waals surface area contributed by atoms with Crippen LogP contribution in [0.4, 0.5) is 0 Å². The first-order valence-corrected chi connectivity index (χ1v) is 10.4. The van der Waals surface area contributed by atoms with E-state index in [4.69, 9.17) is 17.3 Å². The van der Waals surface area contributed by atoms with Crippen molar-refractivity contribution in [1.82, 2.24) is 15.5 Å². The molecule has 1 aromatic carbocycles. The number of amides is 1. The summed E-state index contributed by atoms with van der Waals surface area (Å²) in [6.45, 7) is 2.84. The number of benzene rings is 1.